The zero-order valence-electron chi connectivity index (χ0n) is 19.8. The average Bonchev–Trinajstić information content (AvgIpc) is 3.21. The van der Waals surface area contributed by atoms with Gasteiger partial charge in [0.05, 0.1) is 25.1 Å². The maximum absolute atomic E-state index is 11.2. The van der Waals surface area contributed by atoms with Gasteiger partial charge in [0, 0.05) is 37.3 Å². The summed E-state index contributed by atoms with van der Waals surface area (Å²) in [6.07, 6.45) is 2.94. The topological polar surface area (TPSA) is 68.9 Å². The third-order valence-corrected chi connectivity index (χ3v) is 6.02. The fraction of sp³-hybridized carbons (Fsp3) is 0.172. The number of benzene rings is 3. The van der Waals surface area contributed by atoms with Crippen molar-refractivity contribution in [2.24, 2.45) is 0 Å². The average molecular weight is 466 g/mol. The summed E-state index contributed by atoms with van der Waals surface area (Å²) in [7, 11) is 3.30. The molecule has 0 saturated carbocycles. The number of methoxy groups -OCH3 is 2. The molecule has 0 aliphatic carbocycles. The van der Waals surface area contributed by atoms with Crippen LogP contribution in [0.5, 0.6) is 11.6 Å². The van der Waals surface area contributed by atoms with E-state index in [0.717, 1.165) is 39.4 Å². The minimum Gasteiger partial charge on any atom is -0.496 e. The van der Waals surface area contributed by atoms with Crippen LogP contribution in [0.2, 0.25) is 0 Å². The van der Waals surface area contributed by atoms with Gasteiger partial charge in [-0.3, -0.25) is 4.40 Å². The Hall–Kier alpha value is -4.16. The number of fused-ring (bicyclic) bond motifs is 1. The summed E-state index contributed by atoms with van der Waals surface area (Å²) < 4.78 is 12.5. The van der Waals surface area contributed by atoms with Gasteiger partial charge in [-0.1, -0.05) is 66.7 Å². The van der Waals surface area contributed by atoms with Crippen LogP contribution >= 0.6 is 0 Å². The largest absolute Gasteiger partial charge is 0.496 e. The molecule has 0 fully saturated rings. The molecule has 0 unspecified atom stereocenters. The third-order valence-electron chi connectivity index (χ3n) is 6.02. The second-order valence-corrected chi connectivity index (χ2v) is 8.43. The highest BCUT2D eigenvalue weighted by atomic mass is 16.5. The van der Waals surface area contributed by atoms with Gasteiger partial charge in [-0.25, -0.2) is 9.97 Å². The molecule has 0 aliphatic rings. The van der Waals surface area contributed by atoms with Gasteiger partial charge < -0.3 is 14.6 Å². The normalized spacial score (nSPS) is 11.1. The molecular formula is C29H27N3O3. The zero-order valence-corrected chi connectivity index (χ0v) is 19.8. The van der Waals surface area contributed by atoms with E-state index in [1.165, 1.54) is 0 Å². The lowest BCUT2D eigenvalue weighted by molar-refractivity contribution is 0.181. The number of hydrogen-bond acceptors (Lipinski definition) is 5. The van der Waals surface area contributed by atoms with E-state index in [2.05, 4.69) is 12.1 Å². The molecule has 3 aromatic carbocycles. The summed E-state index contributed by atoms with van der Waals surface area (Å²) in [6.45, 7) is 0.444. The van der Waals surface area contributed by atoms with E-state index in [1.807, 2.05) is 72.9 Å². The molecule has 6 heteroatoms. The fourth-order valence-electron chi connectivity index (χ4n) is 4.32. The molecule has 0 bridgehead atoms. The van der Waals surface area contributed by atoms with Crippen molar-refractivity contribution in [3.8, 4) is 22.9 Å². The van der Waals surface area contributed by atoms with Crippen LogP contribution in [0.1, 0.15) is 28.1 Å². The molecule has 5 rings (SSSR count). The molecule has 0 saturated heterocycles. The van der Waals surface area contributed by atoms with Gasteiger partial charge in [0.1, 0.15) is 11.4 Å². The van der Waals surface area contributed by atoms with E-state index in [1.54, 1.807) is 18.6 Å². The quantitative estimate of drug-likeness (QED) is 0.331. The molecule has 0 spiro atoms. The van der Waals surface area contributed by atoms with Gasteiger partial charge in [-0.15, -0.1) is 0 Å². The van der Waals surface area contributed by atoms with Crippen molar-refractivity contribution in [2.45, 2.75) is 19.4 Å². The molecule has 2 heterocycles. The van der Waals surface area contributed by atoms with Crippen molar-refractivity contribution in [3.63, 3.8) is 0 Å². The van der Waals surface area contributed by atoms with Gasteiger partial charge in [0.2, 0.25) is 5.88 Å². The van der Waals surface area contributed by atoms with Crippen LogP contribution in [0.4, 0.5) is 0 Å². The molecule has 0 atom stereocenters. The Morgan fingerprint density at radius 3 is 2.23 bits per heavy atom. The summed E-state index contributed by atoms with van der Waals surface area (Å²) in [6, 6.07) is 26.1. The van der Waals surface area contributed by atoms with E-state index in [0.29, 0.717) is 30.8 Å². The first kappa shape index (κ1) is 22.6. The number of ether oxygens (including phenoxy) is 2. The van der Waals surface area contributed by atoms with Gasteiger partial charge in [-0.05, 0) is 23.3 Å². The summed E-state index contributed by atoms with van der Waals surface area (Å²) in [5.74, 6) is 0.898. The SMILES string of the molecule is COCc1cc(Cc2nc3c(Cc4ccccc4)nc(-c4ccccc4)cn3c2O)ccc1OC. The number of rotatable bonds is 8. The predicted molar refractivity (Wildman–Crippen MR) is 136 cm³/mol. The van der Waals surface area contributed by atoms with Gasteiger partial charge in [-0.2, -0.15) is 0 Å². The molecule has 1 N–H and O–H groups in total. The van der Waals surface area contributed by atoms with Crippen molar-refractivity contribution in [1.82, 2.24) is 14.4 Å². The van der Waals surface area contributed by atoms with E-state index >= 15 is 0 Å². The number of nitrogens with zero attached hydrogens (tertiary/aromatic N) is 3. The first-order valence-electron chi connectivity index (χ1n) is 11.5. The minimum absolute atomic E-state index is 0.123. The lowest BCUT2D eigenvalue weighted by Crippen LogP contribution is -2.00. The minimum atomic E-state index is 0.123. The van der Waals surface area contributed by atoms with Crippen LogP contribution in [-0.2, 0) is 24.2 Å². The Morgan fingerprint density at radius 1 is 0.800 bits per heavy atom. The van der Waals surface area contributed by atoms with Crippen LogP contribution in [-0.4, -0.2) is 33.7 Å². The molecule has 5 aromatic rings. The molecule has 35 heavy (non-hydrogen) atoms. The maximum atomic E-state index is 11.2. The molecule has 2 aromatic heterocycles. The Labute approximate surface area is 204 Å². The highest BCUT2D eigenvalue weighted by Gasteiger charge is 2.18. The first-order chi connectivity index (χ1) is 17.2. The Balaban J connectivity index is 1.59. The van der Waals surface area contributed by atoms with E-state index in [9.17, 15) is 5.11 Å². The van der Waals surface area contributed by atoms with Gasteiger partial charge >= 0.3 is 0 Å². The van der Waals surface area contributed by atoms with Crippen LogP contribution in [0.3, 0.4) is 0 Å². The summed E-state index contributed by atoms with van der Waals surface area (Å²) >= 11 is 0. The van der Waals surface area contributed by atoms with Crippen molar-refractivity contribution in [2.75, 3.05) is 14.2 Å². The Morgan fingerprint density at radius 2 is 1.51 bits per heavy atom. The maximum Gasteiger partial charge on any atom is 0.219 e. The second-order valence-electron chi connectivity index (χ2n) is 8.43. The lowest BCUT2D eigenvalue weighted by Gasteiger charge is -2.09. The van der Waals surface area contributed by atoms with Crippen LogP contribution < -0.4 is 4.74 Å². The van der Waals surface area contributed by atoms with Crippen LogP contribution in [0.25, 0.3) is 16.9 Å². The summed E-state index contributed by atoms with van der Waals surface area (Å²) in [5.41, 5.74) is 6.94. The predicted octanol–water partition coefficient (Wildman–Crippen LogP) is 5.44. The summed E-state index contributed by atoms with van der Waals surface area (Å²) in [4.78, 5) is 9.81. The molecule has 0 amide bonds. The number of aromatic nitrogens is 3. The van der Waals surface area contributed by atoms with Crippen molar-refractivity contribution >= 4 is 5.65 Å². The first-order valence-corrected chi connectivity index (χ1v) is 11.5. The zero-order chi connectivity index (χ0) is 24.2. The molecular weight excluding hydrogens is 438 g/mol. The molecule has 6 nitrogen and oxygen atoms in total. The van der Waals surface area contributed by atoms with E-state index in [-0.39, 0.29) is 5.88 Å². The van der Waals surface area contributed by atoms with Crippen molar-refractivity contribution in [3.05, 3.63) is 113 Å². The number of hydrogen-bond donors (Lipinski definition) is 1. The van der Waals surface area contributed by atoms with Crippen LogP contribution in [0.15, 0.2) is 85.1 Å². The van der Waals surface area contributed by atoms with Gasteiger partial charge in [0.25, 0.3) is 0 Å². The van der Waals surface area contributed by atoms with Crippen molar-refractivity contribution < 1.29 is 14.6 Å². The van der Waals surface area contributed by atoms with E-state index in [4.69, 9.17) is 19.4 Å². The number of imidazole rings is 1. The smallest absolute Gasteiger partial charge is 0.219 e. The Bertz CT molecular complexity index is 1450. The molecule has 0 radical (unpaired) electrons. The van der Waals surface area contributed by atoms with Crippen molar-refractivity contribution in [1.29, 1.82) is 0 Å². The lowest BCUT2D eigenvalue weighted by atomic mass is 10.1. The van der Waals surface area contributed by atoms with Gasteiger partial charge in [0.15, 0.2) is 5.65 Å². The Kier molecular flexibility index (Phi) is 6.46. The highest BCUT2D eigenvalue weighted by molar-refractivity contribution is 5.63. The number of aromatic hydroxyl groups is 1. The monoisotopic (exact) mass is 465 g/mol. The second kappa shape index (κ2) is 9.99. The van der Waals surface area contributed by atoms with E-state index < -0.39 is 0 Å². The fourth-order valence-corrected chi connectivity index (χ4v) is 4.32. The summed E-state index contributed by atoms with van der Waals surface area (Å²) in [5, 5.41) is 11.2. The third kappa shape index (κ3) is 4.74. The molecule has 0 aliphatic heterocycles. The molecule has 176 valence electrons. The highest BCUT2D eigenvalue weighted by Crippen LogP contribution is 2.29. The standard InChI is InChI=1S/C29H27N3O3/c1-34-19-23-15-21(13-14-27(23)35-2)17-25-29(33)32-18-26(22-11-7-4-8-12-22)30-24(28(32)31-25)16-20-9-5-3-6-10-20/h3-15,18,33H,16-17,19H2,1-2H3. The van der Waals surface area contributed by atoms with Crippen LogP contribution in [0, 0.1) is 0 Å².